The van der Waals surface area contributed by atoms with E-state index in [9.17, 15) is 0 Å². The van der Waals surface area contributed by atoms with E-state index in [4.69, 9.17) is 10.7 Å². The van der Waals surface area contributed by atoms with Gasteiger partial charge in [-0.3, -0.25) is 0 Å². The molecule has 328 valence electrons. The maximum absolute atomic E-state index is 7.14. The molecule has 8 aromatic carbocycles. The molecule has 0 aliphatic heterocycles. The van der Waals surface area contributed by atoms with Gasteiger partial charge in [0.25, 0.3) is 0 Å². The maximum atomic E-state index is 7.14. The van der Waals surface area contributed by atoms with Gasteiger partial charge in [-0.2, -0.15) is 0 Å². The Kier molecular flexibility index (Phi) is 13.1. The first-order valence-corrected chi connectivity index (χ1v) is 28.9. The molecular formula is C60H60O4Pb. The van der Waals surface area contributed by atoms with Crippen LogP contribution in [0.1, 0.15) is 99.9 Å². The minimum atomic E-state index is -5.55. The molecule has 0 radical (unpaired) electrons. The monoisotopic (exact) mass is 1050 g/mol. The van der Waals surface area contributed by atoms with Gasteiger partial charge in [-0.05, 0) is 0 Å². The summed E-state index contributed by atoms with van der Waals surface area (Å²) in [5, 5.41) is 0. The topological polar surface area (TPSA) is 36.9 Å². The molecule has 8 rings (SSSR count). The van der Waals surface area contributed by atoms with Gasteiger partial charge in [0.2, 0.25) is 0 Å². The van der Waals surface area contributed by atoms with Crippen molar-refractivity contribution in [1.82, 2.24) is 0 Å². The molecule has 0 heterocycles. The molecular weight excluding hydrogens is 992 g/mol. The van der Waals surface area contributed by atoms with Crippen LogP contribution in [0.5, 0.6) is 23.0 Å². The van der Waals surface area contributed by atoms with Crippen LogP contribution in [0.15, 0.2) is 218 Å². The Hall–Kier alpha value is -6.12. The molecule has 0 bridgehead atoms. The third-order valence-electron chi connectivity index (χ3n) is 13.3. The zero-order chi connectivity index (χ0) is 45.7. The molecule has 0 N–H and O–H groups in total. The van der Waals surface area contributed by atoms with Gasteiger partial charge in [0.1, 0.15) is 0 Å². The summed E-state index contributed by atoms with van der Waals surface area (Å²) in [4.78, 5) is 0. The number of hydrogen-bond acceptors (Lipinski definition) is 4. The van der Waals surface area contributed by atoms with Gasteiger partial charge in [-0.1, -0.05) is 0 Å². The summed E-state index contributed by atoms with van der Waals surface area (Å²) in [7, 11) is 0. The average molecular weight is 1050 g/mol. The fraction of sp³-hybridized carbons (Fsp3) is 0.200. The average Bonchev–Trinajstić information content (AvgIpc) is 3.33. The second-order valence-electron chi connectivity index (χ2n) is 19.0. The molecule has 65 heavy (non-hydrogen) atoms. The van der Waals surface area contributed by atoms with E-state index in [0.717, 1.165) is 22.3 Å². The quantitative estimate of drug-likeness (QED) is 0.0904. The van der Waals surface area contributed by atoms with Gasteiger partial charge in [-0.25, -0.2) is 0 Å². The summed E-state index contributed by atoms with van der Waals surface area (Å²) in [5.41, 5.74) is 8.63. The van der Waals surface area contributed by atoms with Crippen LogP contribution in [-0.2, 0) is 21.7 Å². The summed E-state index contributed by atoms with van der Waals surface area (Å²) in [6, 6.07) is 75.4. The summed E-state index contributed by atoms with van der Waals surface area (Å²) in [5.74, 6) is 2.41. The third-order valence-corrected chi connectivity index (χ3v) is 20.8. The van der Waals surface area contributed by atoms with Crippen molar-refractivity contribution < 1.29 is 10.7 Å². The summed E-state index contributed by atoms with van der Waals surface area (Å²) in [6.07, 6.45) is 0. The Morgan fingerprint density at radius 2 is 0.369 bits per heavy atom. The van der Waals surface area contributed by atoms with Crippen LogP contribution in [0.4, 0.5) is 0 Å². The second-order valence-corrected chi connectivity index (χ2v) is 26.0. The summed E-state index contributed by atoms with van der Waals surface area (Å²) in [6.45, 7) is 17.9. The number of rotatable bonds is 16. The zero-order valence-corrected chi connectivity index (χ0v) is 42.8. The van der Waals surface area contributed by atoms with Gasteiger partial charge in [-0.15, -0.1) is 0 Å². The van der Waals surface area contributed by atoms with Crippen molar-refractivity contribution in [3.8, 4) is 23.0 Å². The van der Waals surface area contributed by atoms with Crippen LogP contribution >= 0.6 is 0 Å². The van der Waals surface area contributed by atoms with Crippen LogP contribution in [0.2, 0.25) is 0 Å². The first-order chi connectivity index (χ1) is 31.2. The molecule has 0 atom stereocenters. The van der Waals surface area contributed by atoms with Crippen LogP contribution < -0.4 is 10.7 Å². The zero-order valence-electron chi connectivity index (χ0n) is 38.9. The first kappa shape index (κ1) is 45.5. The van der Waals surface area contributed by atoms with Crippen molar-refractivity contribution in [3.63, 3.8) is 0 Å². The van der Waals surface area contributed by atoms with E-state index in [0.29, 0.717) is 23.0 Å². The normalized spacial score (nSPS) is 12.3. The molecule has 0 saturated carbocycles. The van der Waals surface area contributed by atoms with Gasteiger partial charge in [0, 0.05) is 0 Å². The molecule has 0 saturated heterocycles. The van der Waals surface area contributed by atoms with Crippen molar-refractivity contribution in [3.05, 3.63) is 263 Å². The summed E-state index contributed by atoms with van der Waals surface area (Å²) >= 11 is -5.55. The van der Waals surface area contributed by atoms with E-state index in [1.54, 1.807) is 0 Å². The van der Waals surface area contributed by atoms with E-state index in [2.05, 4.69) is 225 Å². The summed E-state index contributed by atoms with van der Waals surface area (Å²) < 4.78 is 28.6. The van der Waals surface area contributed by atoms with Crippen molar-refractivity contribution in [2.75, 3.05) is 0 Å². The number of hydrogen-bond donors (Lipinski definition) is 0. The number of benzene rings is 8. The van der Waals surface area contributed by atoms with Gasteiger partial charge >= 0.3 is 397 Å². The van der Waals surface area contributed by atoms with E-state index >= 15 is 0 Å². The second kappa shape index (κ2) is 18.8. The molecule has 0 spiro atoms. The molecule has 0 aromatic heterocycles. The Labute approximate surface area is 394 Å². The molecule has 0 unspecified atom stereocenters. The Morgan fingerprint density at radius 3 is 0.538 bits per heavy atom. The van der Waals surface area contributed by atoms with Crippen molar-refractivity contribution in [2.45, 2.75) is 77.0 Å². The van der Waals surface area contributed by atoms with Crippen LogP contribution in [-0.4, -0.2) is 23.0 Å². The SMILES string of the molecule is CC(C)(c1ccccc1)c1ccc([O][Pb]([O]c2ccc(C(C)(C)c3ccccc3)cc2)([O]c2ccc(C(C)(C)c3ccccc3)cc2)[O]c2ccc(C(C)(C)c3ccccc3)cc2)cc1. The predicted molar refractivity (Wildman–Crippen MR) is 268 cm³/mol. The molecule has 8 aromatic rings. The predicted octanol–water partition coefficient (Wildman–Crippen LogP) is 15.0. The van der Waals surface area contributed by atoms with E-state index in [1.165, 1.54) is 22.3 Å². The first-order valence-electron chi connectivity index (χ1n) is 22.6. The van der Waals surface area contributed by atoms with Crippen LogP contribution in [0.3, 0.4) is 0 Å². The Bertz CT molecular complexity index is 2350. The van der Waals surface area contributed by atoms with E-state index in [-0.39, 0.29) is 21.7 Å². The minimum absolute atomic E-state index is 0.232. The fourth-order valence-electron chi connectivity index (χ4n) is 8.55. The van der Waals surface area contributed by atoms with Crippen molar-refractivity contribution in [1.29, 1.82) is 0 Å². The molecule has 0 aliphatic rings. The molecule has 0 aliphatic carbocycles. The van der Waals surface area contributed by atoms with Gasteiger partial charge in [0.15, 0.2) is 0 Å². The van der Waals surface area contributed by atoms with Gasteiger partial charge < -0.3 is 0 Å². The molecule has 4 nitrogen and oxygen atoms in total. The molecule has 5 heteroatoms. The Balaban J connectivity index is 1.20. The van der Waals surface area contributed by atoms with Gasteiger partial charge in [0.05, 0.1) is 0 Å². The third kappa shape index (κ3) is 10.1. The van der Waals surface area contributed by atoms with Crippen LogP contribution in [0, 0.1) is 0 Å². The Morgan fingerprint density at radius 1 is 0.215 bits per heavy atom. The van der Waals surface area contributed by atoms with E-state index < -0.39 is 23.0 Å². The fourth-order valence-corrected chi connectivity index (χ4v) is 16.1. The standard InChI is InChI=1S/4C15H16O.Pb/c4*1-15(2,12-6-4-3-5-7-12)13-8-10-14(16)11-9-13;/h4*3-11,16H,1-2H3;/q;;;;+4/p-4. The molecule has 0 amide bonds. The van der Waals surface area contributed by atoms with Crippen LogP contribution in [0.25, 0.3) is 0 Å². The van der Waals surface area contributed by atoms with E-state index in [1.807, 2.05) is 48.5 Å². The van der Waals surface area contributed by atoms with Crippen molar-refractivity contribution >= 4 is 23.0 Å². The van der Waals surface area contributed by atoms with Crippen molar-refractivity contribution in [2.24, 2.45) is 0 Å². The molecule has 0 fully saturated rings.